The number of rotatable bonds is 4. The summed E-state index contributed by atoms with van der Waals surface area (Å²) < 4.78 is 0. The van der Waals surface area contributed by atoms with E-state index in [2.05, 4.69) is 4.98 Å². The van der Waals surface area contributed by atoms with E-state index in [1.54, 1.807) is 18.2 Å². The van der Waals surface area contributed by atoms with Crippen molar-refractivity contribution >= 4 is 17.8 Å². The van der Waals surface area contributed by atoms with Crippen LogP contribution in [0.2, 0.25) is 0 Å². The fourth-order valence-corrected chi connectivity index (χ4v) is 0.915. The highest BCUT2D eigenvalue weighted by Gasteiger charge is 2.04. The fourth-order valence-electron chi connectivity index (χ4n) is 0.915. The van der Waals surface area contributed by atoms with Crippen molar-refractivity contribution in [1.29, 1.82) is 0 Å². The highest BCUT2D eigenvalue weighted by molar-refractivity contribution is 5.76. The molecule has 15 heavy (non-hydrogen) atoms. The molecular weight excluding hydrogens is 198 g/mol. The number of nitrogens with zero attached hydrogens (tertiary/aromatic N) is 2. The first-order chi connectivity index (χ1) is 7.09. The van der Waals surface area contributed by atoms with Gasteiger partial charge in [-0.25, -0.2) is 0 Å². The lowest BCUT2D eigenvalue weighted by Gasteiger charge is -1.91. The minimum Gasteiger partial charge on any atom is -0.369 e. The molecular formula is C9H9N3O3. The van der Waals surface area contributed by atoms with Crippen LogP contribution in [-0.2, 0) is 4.79 Å². The number of hydrogen-bond acceptors (Lipinski definition) is 4. The van der Waals surface area contributed by atoms with Crippen molar-refractivity contribution in [3.63, 3.8) is 0 Å². The third kappa shape index (κ3) is 3.55. The molecule has 0 aliphatic carbocycles. The van der Waals surface area contributed by atoms with Gasteiger partial charge in [0.1, 0.15) is 6.20 Å². The average molecular weight is 207 g/mol. The summed E-state index contributed by atoms with van der Waals surface area (Å²) in [5.74, 6) is -0.636. The summed E-state index contributed by atoms with van der Waals surface area (Å²) in [7, 11) is 0. The Labute approximate surface area is 85.6 Å². The normalized spacial score (nSPS) is 10.4. The molecule has 0 bridgehead atoms. The maximum atomic E-state index is 10.4. The van der Waals surface area contributed by atoms with Gasteiger partial charge in [-0.15, -0.1) is 0 Å². The molecule has 0 spiro atoms. The Morgan fingerprint density at radius 3 is 2.80 bits per heavy atom. The maximum absolute atomic E-state index is 10.4. The van der Waals surface area contributed by atoms with Gasteiger partial charge >= 0.3 is 5.82 Å². The van der Waals surface area contributed by atoms with Gasteiger partial charge in [0.25, 0.3) is 0 Å². The zero-order valence-electron chi connectivity index (χ0n) is 7.79. The zero-order valence-corrected chi connectivity index (χ0v) is 7.79. The first-order valence-electron chi connectivity index (χ1n) is 4.15. The van der Waals surface area contributed by atoms with Crippen molar-refractivity contribution in [2.24, 2.45) is 5.73 Å². The number of carbonyl (C=O) groups excluding carboxylic acids is 1. The first-order valence-corrected chi connectivity index (χ1v) is 4.15. The van der Waals surface area contributed by atoms with E-state index in [0.717, 1.165) is 0 Å². The number of carbonyl (C=O) groups is 1. The second-order valence-corrected chi connectivity index (χ2v) is 2.78. The molecule has 0 atom stereocenters. The van der Waals surface area contributed by atoms with Crippen LogP contribution >= 0.6 is 0 Å². The van der Waals surface area contributed by atoms with Crippen LogP contribution in [-0.4, -0.2) is 15.8 Å². The van der Waals surface area contributed by atoms with E-state index in [1.807, 2.05) is 0 Å². The van der Waals surface area contributed by atoms with Crippen molar-refractivity contribution in [1.82, 2.24) is 4.98 Å². The Kier molecular flexibility index (Phi) is 3.50. The molecule has 1 heterocycles. The second-order valence-electron chi connectivity index (χ2n) is 2.78. The quantitative estimate of drug-likeness (QED) is 0.585. The van der Waals surface area contributed by atoms with Crippen molar-refractivity contribution in [2.45, 2.75) is 6.42 Å². The minimum absolute atomic E-state index is 0.136. The number of amides is 1. The summed E-state index contributed by atoms with van der Waals surface area (Å²) in [6, 6.07) is 2.84. The zero-order chi connectivity index (χ0) is 11.3. The molecule has 0 aliphatic rings. The Balaban J connectivity index is 2.68. The monoisotopic (exact) mass is 207 g/mol. The van der Waals surface area contributed by atoms with Crippen LogP contribution in [0.5, 0.6) is 0 Å². The molecule has 0 saturated heterocycles. The van der Waals surface area contributed by atoms with Gasteiger partial charge in [0, 0.05) is 18.1 Å². The van der Waals surface area contributed by atoms with Crippen LogP contribution < -0.4 is 5.73 Å². The predicted molar refractivity (Wildman–Crippen MR) is 53.7 cm³/mol. The molecule has 78 valence electrons. The van der Waals surface area contributed by atoms with Crippen molar-refractivity contribution in [2.75, 3.05) is 0 Å². The number of aromatic nitrogens is 1. The van der Waals surface area contributed by atoms with Crippen molar-refractivity contribution in [3.8, 4) is 0 Å². The van der Waals surface area contributed by atoms with Crippen molar-refractivity contribution < 1.29 is 9.72 Å². The van der Waals surface area contributed by atoms with E-state index in [-0.39, 0.29) is 12.2 Å². The highest BCUT2D eigenvalue weighted by Crippen LogP contribution is 2.08. The van der Waals surface area contributed by atoms with Gasteiger partial charge in [-0.3, -0.25) is 4.79 Å². The summed E-state index contributed by atoms with van der Waals surface area (Å²) >= 11 is 0. The molecule has 1 amide bonds. The SMILES string of the molecule is NC(=O)CC=Cc1ccc([N+](=O)[O-])nc1. The summed E-state index contributed by atoms with van der Waals surface area (Å²) in [5.41, 5.74) is 5.61. The molecule has 0 fully saturated rings. The van der Waals surface area contributed by atoms with Gasteiger partial charge in [0.15, 0.2) is 0 Å². The smallest absolute Gasteiger partial charge is 0.363 e. The number of hydrogen-bond donors (Lipinski definition) is 1. The van der Waals surface area contributed by atoms with Gasteiger partial charge in [-0.05, 0) is 16.0 Å². The summed E-state index contributed by atoms with van der Waals surface area (Å²) in [5, 5.41) is 10.3. The number of pyridine rings is 1. The second kappa shape index (κ2) is 4.85. The molecule has 1 aromatic rings. The molecule has 0 aromatic carbocycles. The summed E-state index contributed by atoms with van der Waals surface area (Å²) in [6.07, 6.45) is 4.69. The fraction of sp³-hybridized carbons (Fsp3) is 0.111. The molecule has 6 heteroatoms. The van der Waals surface area contributed by atoms with Crippen LogP contribution in [0.25, 0.3) is 6.08 Å². The van der Waals surface area contributed by atoms with E-state index in [9.17, 15) is 14.9 Å². The third-order valence-corrected chi connectivity index (χ3v) is 1.59. The van der Waals surface area contributed by atoms with Gasteiger partial charge in [0.05, 0.1) is 0 Å². The van der Waals surface area contributed by atoms with Crippen LogP contribution in [0.4, 0.5) is 5.82 Å². The third-order valence-electron chi connectivity index (χ3n) is 1.59. The molecule has 0 aliphatic heterocycles. The standard InChI is InChI=1S/C9H9N3O3/c10-8(13)3-1-2-7-4-5-9(11-6-7)12(14)15/h1-2,4-6H,3H2,(H2,10,13). The van der Waals surface area contributed by atoms with Gasteiger partial charge in [-0.2, -0.15) is 0 Å². The van der Waals surface area contributed by atoms with Crippen LogP contribution in [0.3, 0.4) is 0 Å². The molecule has 1 aromatic heterocycles. The Bertz CT molecular complexity index is 398. The number of nitrogens with two attached hydrogens (primary N) is 1. The topological polar surface area (TPSA) is 99.1 Å². The average Bonchev–Trinajstić information content (AvgIpc) is 2.18. The highest BCUT2D eigenvalue weighted by atomic mass is 16.6. The van der Waals surface area contributed by atoms with E-state index in [4.69, 9.17) is 5.73 Å². The van der Waals surface area contributed by atoms with Gasteiger partial charge in [0.2, 0.25) is 5.91 Å². The molecule has 2 N–H and O–H groups in total. The van der Waals surface area contributed by atoms with Crippen LogP contribution in [0.15, 0.2) is 24.4 Å². The lowest BCUT2D eigenvalue weighted by atomic mass is 10.2. The molecule has 6 nitrogen and oxygen atoms in total. The summed E-state index contributed by atoms with van der Waals surface area (Å²) in [6.45, 7) is 0. The van der Waals surface area contributed by atoms with E-state index in [0.29, 0.717) is 5.56 Å². The Morgan fingerprint density at radius 1 is 1.60 bits per heavy atom. The molecule has 1 rings (SSSR count). The van der Waals surface area contributed by atoms with Gasteiger partial charge in [-0.1, -0.05) is 12.2 Å². The van der Waals surface area contributed by atoms with Crippen LogP contribution in [0, 0.1) is 10.1 Å². The summed E-state index contributed by atoms with van der Waals surface area (Å²) in [4.78, 5) is 23.7. The first kappa shape index (κ1) is 10.8. The lowest BCUT2D eigenvalue weighted by Crippen LogP contribution is -2.07. The number of primary amides is 1. The van der Waals surface area contributed by atoms with Crippen molar-refractivity contribution in [3.05, 3.63) is 40.1 Å². The van der Waals surface area contributed by atoms with E-state index in [1.165, 1.54) is 12.3 Å². The predicted octanol–water partition coefficient (Wildman–Crippen LogP) is 0.878. The molecule has 0 unspecified atom stereocenters. The number of nitro groups is 1. The maximum Gasteiger partial charge on any atom is 0.363 e. The molecule has 0 saturated carbocycles. The lowest BCUT2D eigenvalue weighted by molar-refractivity contribution is -0.389. The van der Waals surface area contributed by atoms with Gasteiger partial charge < -0.3 is 15.8 Å². The Morgan fingerprint density at radius 2 is 2.33 bits per heavy atom. The van der Waals surface area contributed by atoms with E-state index < -0.39 is 10.8 Å². The Hall–Kier alpha value is -2.24. The minimum atomic E-state index is -0.573. The van der Waals surface area contributed by atoms with E-state index >= 15 is 0 Å². The van der Waals surface area contributed by atoms with Crippen LogP contribution in [0.1, 0.15) is 12.0 Å². The molecule has 0 radical (unpaired) electrons. The largest absolute Gasteiger partial charge is 0.369 e.